The van der Waals surface area contributed by atoms with Gasteiger partial charge in [-0.1, -0.05) is 36.1 Å². The molecule has 0 atom stereocenters. The average Bonchev–Trinajstić information content (AvgIpc) is 2.51. The minimum Gasteiger partial charge on any atom is -0.367 e. The van der Waals surface area contributed by atoms with Gasteiger partial charge < -0.3 is 10.6 Å². The summed E-state index contributed by atoms with van der Waals surface area (Å²) < 4.78 is 0. The molecule has 2 N–H and O–H groups in total. The monoisotopic (exact) mass is 278 g/mol. The molecule has 108 valence electrons. The molecule has 0 radical (unpaired) electrons. The minimum absolute atomic E-state index is 0.397. The van der Waals surface area contributed by atoms with Crippen molar-refractivity contribution < 1.29 is 0 Å². The Hall–Kier alpha value is -2.24. The first-order chi connectivity index (χ1) is 10.2. The SMILES string of the molecule is CCN(Cc1cccc(C#CCN)c1)c1cccc(C)c1. The van der Waals surface area contributed by atoms with Crippen LogP contribution in [-0.4, -0.2) is 13.1 Å². The number of anilines is 1. The molecule has 0 aromatic heterocycles. The lowest BCUT2D eigenvalue weighted by Crippen LogP contribution is -2.22. The molecule has 0 fully saturated rings. The van der Waals surface area contributed by atoms with E-state index >= 15 is 0 Å². The van der Waals surface area contributed by atoms with Gasteiger partial charge in [0.2, 0.25) is 0 Å². The molecule has 0 heterocycles. The van der Waals surface area contributed by atoms with Crippen LogP contribution in [0.25, 0.3) is 0 Å². The van der Waals surface area contributed by atoms with Gasteiger partial charge in [0, 0.05) is 24.3 Å². The van der Waals surface area contributed by atoms with Gasteiger partial charge >= 0.3 is 0 Å². The summed E-state index contributed by atoms with van der Waals surface area (Å²) in [5.74, 6) is 5.99. The average molecular weight is 278 g/mol. The van der Waals surface area contributed by atoms with Gasteiger partial charge in [-0.05, 0) is 49.2 Å². The summed E-state index contributed by atoms with van der Waals surface area (Å²) in [5, 5.41) is 0. The van der Waals surface area contributed by atoms with Gasteiger partial charge in [0.15, 0.2) is 0 Å². The van der Waals surface area contributed by atoms with Crippen molar-refractivity contribution in [2.75, 3.05) is 18.0 Å². The van der Waals surface area contributed by atoms with Crippen LogP contribution in [0.1, 0.15) is 23.6 Å². The molecular weight excluding hydrogens is 256 g/mol. The molecule has 0 saturated heterocycles. The van der Waals surface area contributed by atoms with Crippen LogP contribution in [0.2, 0.25) is 0 Å². The first-order valence-electron chi connectivity index (χ1n) is 7.32. The highest BCUT2D eigenvalue weighted by Crippen LogP contribution is 2.18. The molecule has 2 rings (SSSR count). The smallest absolute Gasteiger partial charge is 0.0555 e. The number of nitrogens with zero attached hydrogens (tertiary/aromatic N) is 1. The van der Waals surface area contributed by atoms with Gasteiger partial charge in [0.25, 0.3) is 0 Å². The van der Waals surface area contributed by atoms with Crippen LogP contribution < -0.4 is 10.6 Å². The fourth-order valence-electron chi connectivity index (χ4n) is 2.33. The Balaban J connectivity index is 2.19. The Morgan fingerprint density at radius 1 is 1.10 bits per heavy atom. The van der Waals surface area contributed by atoms with Crippen LogP contribution in [-0.2, 0) is 6.54 Å². The first-order valence-corrected chi connectivity index (χ1v) is 7.32. The summed E-state index contributed by atoms with van der Waals surface area (Å²) in [5.41, 5.74) is 10.3. The number of rotatable bonds is 4. The van der Waals surface area contributed by atoms with Crippen molar-refractivity contribution in [3.05, 3.63) is 65.2 Å². The van der Waals surface area contributed by atoms with Crippen molar-refractivity contribution in [3.63, 3.8) is 0 Å². The molecule has 2 aromatic carbocycles. The van der Waals surface area contributed by atoms with E-state index in [1.54, 1.807) is 0 Å². The Labute approximate surface area is 127 Å². The van der Waals surface area contributed by atoms with Crippen LogP contribution in [0.3, 0.4) is 0 Å². The second kappa shape index (κ2) is 7.52. The topological polar surface area (TPSA) is 29.3 Å². The maximum absolute atomic E-state index is 5.42. The highest BCUT2D eigenvalue weighted by atomic mass is 15.1. The van der Waals surface area contributed by atoms with Crippen LogP contribution >= 0.6 is 0 Å². The molecule has 2 nitrogen and oxygen atoms in total. The fraction of sp³-hybridized carbons (Fsp3) is 0.263. The van der Waals surface area contributed by atoms with E-state index in [4.69, 9.17) is 5.73 Å². The van der Waals surface area contributed by atoms with Gasteiger partial charge in [-0.15, -0.1) is 0 Å². The lowest BCUT2D eigenvalue weighted by atomic mass is 10.1. The standard InChI is InChI=1S/C19H22N2/c1-3-21(19-11-4-7-16(2)13-19)15-18-9-5-8-17(14-18)10-6-12-20/h4-5,7-9,11,13-14H,3,12,15,20H2,1-2H3. The highest BCUT2D eigenvalue weighted by Gasteiger charge is 2.05. The molecule has 0 unspecified atom stereocenters. The lowest BCUT2D eigenvalue weighted by Gasteiger charge is -2.23. The third-order valence-corrected chi connectivity index (χ3v) is 3.38. The molecular formula is C19H22N2. The zero-order valence-corrected chi connectivity index (χ0v) is 12.8. The van der Waals surface area contributed by atoms with E-state index in [0.29, 0.717) is 6.54 Å². The van der Waals surface area contributed by atoms with E-state index in [0.717, 1.165) is 18.7 Å². The number of aryl methyl sites for hydroxylation is 1. The van der Waals surface area contributed by atoms with E-state index in [-0.39, 0.29) is 0 Å². The number of hydrogen-bond donors (Lipinski definition) is 1. The second-order valence-electron chi connectivity index (χ2n) is 5.06. The quantitative estimate of drug-likeness (QED) is 0.869. The van der Waals surface area contributed by atoms with Crippen molar-refractivity contribution >= 4 is 5.69 Å². The first kappa shape index (κ1) is 15.2. The highest BCUT2D eigenvalue weighted by molar-refractivity contribution is 5.49. The summed E-state index contributed by atoms with van der Waals surface area (Å²) in [6.07, 6.45) is 0. The Kier molecular flexibility index (Phi) is 5.43. The van der Waals surface area contributed by atoms with Crippen LogP contribution in [0, 0.1) is 18.8 Å². The van der Waals surface area contributed by atoms with Crippen molar-refractivity contribution in [2.24, 2.45) is 5.73 Å². The molecule has 0 aliphatic rings. The minimum atomic E-state index is 0.397. The van der Waals surface area contributed by atoms with Crippen molar-refractivity contribution in [2.45, 2.75) is 20.4 Å². The summed E-state index contributed by atoms with van der Waals surface area (Å²) in [6.45, 7) is 6.57. The van der Waals surface area contributed by atoms with Crippen molar-refractivity contribution in [1.82, 2.24) is 0 Å². The van der Waals surface area contributed by atoms with E-state index in [9.17, 15) is 0 Å². The third kappa shape index (κ3) is 4.37. The van der Waals surface area contributed by atoms with E-state index < -0.39 is 0 Å². The molecule has 2 heteroatoms. The number of benzene rings is 2. The van der Waals surface area contributed by atoms with Gasteiger partial charge in [0.05, 0.1) is 6.54 Å². The van der Waals surface area contributed by atoms with Gasteiger partial charge in [0.1, 0.15) is 0 Å². The van der Waals surface area contributed by atoms with Gasteiger partial charge in [-0.25, -0.2) is 0 Å². The van der Waals surface area contributed by atoms with Crippen molar-refractivity contribution in [3.8, 4) is 11.8 Å². The molecule has 0 spiro atoms. The third-order valence-electron chi connectivity index (χ3n) is 3.38. The largest absolute Gasteiger partial charge is 0.367 e. The Bertz CT molecular complexity index is 650. The van der Waals surface area contributed by atoms with Crippen molar-refractivity contribution in [1.29, 1.82) is 0 Å². The van der Waals surface area contributed by atoms with Crippen LogP contribution in [0.4, 0.5) is 5.69 Å². The molecule has 2 aromatic rings. The van der Waals surface area contributed by atoms with E-state index in [1.165, 1.54) is 16.8 Å². The summed E-state index contributed by atoms with van der Waals surface area (Å²) in [7, 11) is 0. The Morgan fingerprint density at radius 3 is 2.62 bits per heavy atom. The normalized spacial score (nSPS) is 9.86. The van der Waals surface area contributed by atoms with E-state index in [1.807, 2.05) is 6.07 Å². The summed E-state index contributed by atoms with van der Waals surface area (Å²) in [4.78, 5) is 2.36. The molecule has 0 amide bonds. The zero-order chi connectivity index (χ0) is 15.1. The van der Waals surface area contributed by atoms with Crippen LogP contribution in [0.5, 0.6) is 0 Å². The summed E-state index contributed by atoms with van der Waals surface area (Å²) >= 11 is 0. The molecule has 0 saturated carbocycles. The molecule has 0 aliphatic heterocycles. The zero-order valence-electron chi connectivity index (χ0n) is 12.8. The number of hydrogen-bond acceptors (Lipinski definition) is 2. The predicted molar refractivity (Wildman–Crippen MR) is 90.3 cm³/mol. The second-order valence-corrected chi connectivity index (χ2v) is 5.06. The molecule has 0 bridgehead atoms. The molecule has 21 heavy (non-hydrogen) atoms. The maximum atomic E-state index is 5.42. The summed E-state index contributed by atoms with van der Waals surface area (Å²) in [6, 6.07) is 17.0. The predicted octanol–water partition coefficient (Wildman–Crippen LogP) is 3.33. The molecule has 0 aliphatic carbocycles. The Morgan fingerprint density at radius 2 is 1.90 bits per heavy atom. The van der Waals surface area contributed by atoms with Crippen LogP contribution in [0.15, 0.2) is 48.5 Å². The van der Waals surface area contributed by atoms with Gasteiger partial charge in [-0.2, -0.15) is 0 Å². The van der Waals surface area contributed by atoms with Gasteiger partial charge in [-0.3, -0.25) is 0 Å². The van der Waals surface area contributed by atoms with E-state index in [2.05, 4.69) is 73.1 Å². The number of nitrogens with two attached hydrogens (primary N) is 1. The maximum Gasteiger partial charge on any atom is 0.0555 e. The lowest BCUT2D eigenvalue weighted by molar-refractivity contribution is 0.831. The fourth-order valence-corrected chi connectivity index (χ4v) is 2.33.